The van der Waals surface area contributed by atoms with E-state index in [4.69, 9.17) is 22.6 Å². The number of nitrogens with two attached hydrogens (primary N) is 1. The van der Waals surface area contributed by atoms with E-state index in [0.717, 1.165) is 0 Å². The van der Waals surface area contributed by atoms with Crippen molar-refractivity contribution in [1.29, 1.82) is 5.26 Å². The highest BCUT2D eigenvalue weighted by atomic mass is 35.5. The maximum absolute atomic E-state index is 12.1. The molecule has 3 N–H and O–H groups in total. The van der Waals surface area contributed by atoms with Gasteiger partial charge in [-0.3, -0.25) is 4.79 Å². The van der Waals surface area contributed by atoms with Crippen LogP contribution in [0.15, 0.2) is 30.3 Å². The Morgan fingerprint density at radius 1 is 1.40 bits per heavy atom. The molecule has 5 nitrogen and oxygen atoms in total. The van der Waals surface area contributed by atoms with Gasteiger partial charge in [0, 0.05) is 11.3 Å². The Bertz CT molecular complexity index is 701. The van der Waals surface area contributed by atoms with Gasteiger partial charge in [-0.1, -0.05) is 11.6 Å². The van der Waals surface area contributed by atoms with Crippen molar-refractivity contribution in [2.45, 2.75) is 6.92 Å². The molecule has 1 aromatic carbocycles. The Morgan fingerprint density at radius 2 is 2.15 bits per heavy atom. The molecule has 0 atom stereocenters. The summed E-state index contributed by atoms with van der Waals surface area (Å²) >= 11 is 6.00. The second-order valence-corrected chi connectivity index (χ2v) is 4.59. The molecule has 20 heavy (non-hydrogen) atoms. The van der Waals surface area contributed by atoms with Gasteiger partial charge in [0.05, 0.1) is 22.3 Å². The van der Waals surface area contributed by atoms with Gasteiger partial charge < -0.3 is 11.1 Å². The molecule has 0 aliphatic heterocycles. The van der Waals surface area contributed by atoms with Crippen LogP contribution in [-0.2, 0) is 0 Å². The number of hydrogen-bond acceptors (Lipinski definition) is 4. The van der Waals surface area contributed by atoms with Gasteiger partial charge in [0.1, 0.15) is 5.82 Å². The molecule has 0 saturated heterocycles. The van der Waals surface area contributed by atoms with E-state index < -0.39 is 0 Å². The Balaban J connectivity index is 2.26. The number of carbonyl (C=O) groups excluding carboxylic acids is 1. The zero-order valence-corrected chi connectivity index (χ0v) is 11.4. The summed E-state index contributed by atoms with van der Waals surface area (Å²) in [5, 5.41) is 11.7. The minimum atomic E-state index is -0.339. The average Bonchev–Trinajstić information content (AvgIpc) is 2.39. The lowest BCUT2D eigenvalue weighted by atomic mass is 10.2. The molecule has 1 aromatic heterocycles. The molecular weight excluding hydrogens is 276 g/mol. The molecule has 2 rings (SSSR count). The molecule has 2 aromatic rings. The van der Waals surface area contributed by atoms with Crippen LogP contribution in [-0.4, -0.2) is 10.9 Å². The van der Waals surface area contributed by atoms with Crippen LogP contribution in [0.5, 0.6) is 0 Å². The molecule has 0 aliphatic rings. The molecule has 0 fully saturated rings. The maximum atomic E-state index is 12.1. The molecule has 0 spiro atoms. The summed E-state index contributed by atoms with van der Waals surface area (Å²) < 4.78 is 0. The van der Waals surface area contributed by atoms with E-state index in [1.165, 1.54) is 12.1 Å². The standard InChI is InChI=1S/C14H11ClN4O/c1-8-4-10(6-13(17)18-8)14(20)19-12-3-2-9(7-16)5-11(12)15/h2-6H,1H3,(H2,17,18)(H,19,20). The lowest BCUT2D eigenvalue weighted by Gasteiger charge is -2.08. The number of rotatable bonds is 2. The zero-order chi connectivity index (χ0) is 14.7. The van der Waals surface area contributed by atoms with Crippen molar-refractivity contribution in [1.82, 2.24) is 4.98 Å². The number of nitriles is 1. The summed E-state index contributed by atoms with van der Waals surface area (Å²) in [6.45, 7) is 1.75. The topological polar surface area (TPSA) is 91.8 Å². The van der Waals surface area contributed by atoms with Crippen LogP contribution >= 0.6 is 11.6 Å². The number of amides is 1. The van der Waals surface area contributed by atoms with Crippen molar-refractivity contribution < 1.29 is 4.79 Å². The fraction of sp³-hybridized carbons (Fsp3) is 0.0714. The molecule has 0 radical (unpaired) electrons. The number of benzene rings is 1. The van der Waals surface area contributed by atoms with Crippen LogP contribution in [0.25, 0.3) is 0 Å². The van der Waals surface area contributed by atoms with Crippen LogP contribution in [0.4, 0.5) is 11.5 Å². The molecule has 6 heteroatoms. The van der Waals surface area contributed by atoms with Crippen LogP contribution in [0.1, 0.15) is 21.6 Å². The minimum absolute atomic E-state index is 0.279. The van der Waals surface area contributed by atoms with Crippen molar-refractivity contribution in [2.75, 3.05) is 11.1 Å². The number of nitrogens with zero attached hydrogens (tertiary/aromatic N) is 2. The largest absolute Gasteiger partial charge is 0.384 e. The van der Waals surface area contributed by atoms with E-state index in [1.54, 1.807) is 25.1 Å². The third-order valence-corrected chi connectivity index (χ3v) is 2.89. The zero-order valence-electron chi connectivity index (χ0n) is 10.6. The van der Waals surface area contributed by atoms with Gasteiger partial charge in [0.25, 0.3) is 5.91 Å². The predicted molar refractivity (Wildman–Crippen MR) is 77.5 cm³/mol. The Morgan fingerprint density at radius 3 is 2.75 bits per heavy atom. The monoisotopic (exact) mass is 286 g/mol. The highest BCUT2D eigenvalue weighted by Crippen LogP contribution is 2.23. The van der Waals surface area contributed by atoms with Crippen molar-refractivity contribution >= 4 is 29.0 Å². The quantitative estimate of drug-likeness (QED) is 0.888. The smallest absolute Gasteiger partial charge is 0.255 e. The highest BCUT2D eigenvalue weighted by molar-refractivity contribution is 6.34. The molecular formula is C14H11ClN4O. The van der Waals surface area contributed by atoms with Gasteiger partial charge in [-0.25, -0.2) is 4.98 Å². The normalized spacial score (nSPS) is 9.85. The van der Waals surface area contributed by atoms with Gasteiger partial charge in [0.15, 0.2) is 0 Å². The van der Waals surface area contributed by atoms with E-state index in [9.17, 15) is 4.79 Å². The Labute approximate surface area is 121 Å². The van der Waals surface area contributed by atoms with Crippen molar-refractivity contribution in [3.05, 3.63) is 52.2 Å². The van der Waals surface area contributed by atoms with Gasteiger partial charge in [-0.15, -0.1) is 0 Å². The molecule has 0 unspecified atom stereocenters. The molecule has 0 saturated carbocycles. The molecule has 1 amide bonds. The number of pyridine rings is 1. The SMILES string of the molecule is Cc1cc(C(=O)Nc2ccc(C#N)cc2Cl)cc(N)n1. The Hall–Kier alpha value is -2.58. The second-order valence-electron chi connectivity index (χ2n) is 4.18. The van der Waals surface area contributed by atoms with Crippen molar-refractivity contribution in [2.24, 2.45) is 0 Å². The number of aromatic nitrogens is 1. The average molecular weight is 287 g/mol. The lowest BCUT2D eigenvalue weighted by Crippen LogP contribution is -2.13. The first-order chi connectivity index (χ1) is 9.49. The van der Waals surface area contributed by atoms with E-state index in [1.807, 2.05) is 6.07 Å². The third kappa shape index (κ3) is 3.05. The lowest BCUT2D eigenvalue weighted by molar-refractivity contribution is 0.102. The number of hydrogen-bond donors (Lipinski definition) is 2. The number of nitrogens with one attached hydrogen (secondary N) is 1. The van der Waals surface area contributed by atoms with E-state index in [0.29, 0.717) is 27.5 Å². The number of nitrogen functional groups attached to an aromatic ring is 1. The van der Waals surface area contributed by atoms with Gasteiger partial charge >= 0.3 is 0 Å². The molecule has 0 aliphatic carbocycles. The van der Waals surface area contributed by atoms with Crippen LogP contribution in [0.2, 0.25) is 5.02 Å². The van der Waals surface area contributed by atoms with Gasteiger partial charge in [0.2, 0.25) is 0 Å². The van der Waals surface area contributed by atoms with Gasteiger partial charge in [-0.05, 0) is 37.3 Å². The van der Waals surface area contributed by atoms with Gasteiger partial charge in [-0.2, -0.15) is 5.26 Å². The fourth-order valence-electron chi connectivity index (χ4n) is 1.71. The summed E-state index contributed by atoms with van der Waals surface area (Å²) in [7, 11) is 0. The predicted octanol–water partition coefficient (Wildman–Crippen LogP) is 2.75. The summed E-state index contributed by atoms with van der Waals surface area (Å²) in [6, 6.07) is 9.73. The summed E-state index contributed by atoms with van der Waals surface area (Å²) in [6.07, 6.45) is 0. The van der Waals surface area contributed by atoms with E-state index in [-0.39, 0.29) is 11.7 Å². The van der Waals surface area contributed by atoms with Crippen LogP contribution in [0, 0.1) is 18.3 Å². The first-order valence-corrected chi connectivity index (χ1v) is 6.12. The Kier molecular flexibility index (Phi) is 3.87. The highest BCUT2D eigenvalue weighted by Gasteiger charge is 2.10. The van der Waals surface area contributed by atoms with E-state index >= 15 is 0 Å². The van der Waals surface area contributed by atoms with Crippen molar-refractivity contribution in [3.63, 3.8) is 0 Å². The number of carbonyl (C=O) groups is 1. The summed E-state index contributed by atoms with van der Waals surface area (Å²) in [5.41, 5.74) is 7.52. The number of anilines is 2. The third-order valence-electron chi connectivity index (χ3n) is 2.58. The summed E-state index contributed by atoms with van der Waals surface area (Å²) in [4.78, 5) is 16.1. The second kappa shape index (κ2) is 5.59. The summed E-state index contributed by atoms with van der Waals surface area (Å²) in [5.74, 6) is -0.0603. The first kappa shape index (κ1) is 13.8. The minimum Gasteiger partial charge on any atom is -0.384 e. The van der Waals surface area contributed by atoms with Crippen LogP contribution in [0.3, 0.4) is 0 Å². The number of aryl methyl sites for hydroxylation is 1. The fourth-order valence-corrected chi connectivity index (χ4v) is 1.93. The van der Waals surface area contributed by atoms with Crippen molar-refractivity contribution in [3.8, 4) is 6.07 Å². The molecule has 100 valence electrons. The molecule has 0 bridgehead atoms. The number of halogens is 1. The molecule has 1 heterocycles. The van der Waals surface area contributed by atoms with Crippen LogP contribution < -0.4 is 11.1 Å². The maximum Gasteiger partial charge on any atom is 0.255 e. The van der Waals surface area contributed by atoms with E-state index in [2.05, 4.69) is 10.3 Å². The first-order valence-electron chi connectivity index (χ1n) is 5.75.